The number of hydrogen-bond acceptors (Lipinski definition) is 8. The summed E-state index contributed by atoms with van der Waals surface area (Å²) in [4.78, 5) is 32.5. The molecular formula is C90H57N9S. The van der Waals surface area contributed by atoms with Crippen molar-refractivity contribution in [3.63, 3.8) is 0 Å². The Kier molecular flexibility index (Phi) is 14.2. The Morgan fingerprint density at radius 2 is 0.660 bits per heavy atom. The summed E-state index contributed by atoms with van der Waals surface area (Å²) in [5.41, 5.74) is 19.6. The summed E-state index contributed by atoms with van der Waals surface area (Å²) in [6.07, 6.45) is 0. The molecule has 20 rings (SSSR count). The van der Waals surface area contributed by atoms with Gasteiger partial charge < -0.3 is 14.0 Å². The lowest BCUT2D eigenvalue weighted by molar-refractivity contribution is 1.07. The maximum absolute atomic E-state index is 5.08. The Balaban J connectivity index is 0.000000143. The van der Waals surface area contributed by atoms with Crippen LogP contribution in [0.15, 0.2) is 346 Å². The maximum atomic E-state index is 5.08. The second kappa shape index (κ2) is 24.4. The molecule has 20 bridgehead atoms. The molecule has 0 amide bonds. The Hall–Kier alpha value is -13.3. The van der Waals surface area contributed by atoms with Crippen molar-refractivity contribution in [2.75, 3.05) is 4.90 Å². The van der Waals surface area contributed by atoms with Crippen LogP contribution in [-0.2, 0) is 0 Å². The standard InChI is InChI=1S/C51H33N5.C39H24N4S/c1-3-13-34(14-4-1)49-52-50-39-19-9-15-35(29-39)37-17-11-23-42(31-37)55(43-24-12-18-38(32-43)36-16-10-20-40(30-36)51(53-49)54-50)44-27-28-48-46(33-44)45-25-7-8-26-47(45)56(48)41-21-5-2-6-22-41;1-2-9-25(10-3-1)37-40-38-30-14-6-11-26(21-30)28-13-8-16-32(23-28)43-33-17-4-5-18-35(33)44-36-20-19-29(24-34(36)43)27-12-7-15-31(22-27)39(41-37)42-38/h1-33H;1-24H. The van der Waals surface area contributed by atoms with Gasteiger partial charge in [0.15, 0.2) is 34.6 Å². The van der Waals surface area contributed by atoms with Gasteiger partial charge in [-0.25, -0.2) is 29.9 Å². The minimum atomic E-state index is 0.635. The second-order valence-electron chi connectivity index (χ2n) is 25.1. The third kappa shape index (κ3) is 10.6. The van der Waals surface area contributed by atoms with Crippen LogP contribution in [0.1, 0.15) is 0 Å². The van der Waals surface area contributed by atoms with Gasteiger partial charge in [-0.2, -0.15) is 0 Å². The van der Waals surface area contributed by atoms with Crippen LogP contribution in [0.25, 0.3) is 165 Å². The molecule has 3 aliphatic heterocycles. The van der Waals surface area contributed by atoms with E-state index in [0.29, 0.717) is 34.6 Å². The van der Waals surface area contributed by atoms with Crippen LogP contribution in [0.2, 0.25) is 0 Å². The fourth-order valence-electron chi connectivity index (χ4n) is 14.1. The maximum Gasteiger partial charge on any atom is 0.164 e. The van der Waals surface area contributed by atoms with Crippen LogP contribution in [0.3, 0.4) is 0 Å². The normalized spacial score (nSPS) is 11.8. The molecule has 0 atom stereocenters. The van der Waals surface area contributed by atoms with E-state index in [0.717, 1.165) is 105 Å². The molecule has 3 aliphatic rings. The monoisotopic (exact) mass is 1300 g/mol. The fourth-order valence-corrected chi connectivity index (χ4v) is 15.2. The molecule has 10 heteroatoms. The van der Waals surface area contributed by atoms with Crippen molar-refractivity contribution in [3.8, 4) is 79.2 Å². The van der Waals surface area contributed by atoms with Gasteiger partial charge in [0.1, 0.15) is 0 Å². The van der Waals surface area contributed by atoms with E-state index in [-0.39, 0.29) is 0 Å². The SMILES string of the molecule is c1ccc(-c2nc3nc(n2)-c2cccc(c2)-c2cccc(c2)N(c2ccc4c(c2)c2ccccc2n4-c2ccccc2)c2cccc(c2)-c2cccc-3c2)cc1.c1ccc(-c2nc3nc(n2)c2cccc(c2)c2cccc(c2)n2c4ccccc4sc4ccc(cc4-2)c2cccc3c2)cc1. The Morgan fingerprint density at radius 1 is 0.220 bits per heavy atom. The summed E-state index contributed by atoms with van der Waals surface area (Å²) in [6, 6.07) is 122. The van der Waals surface area contributed by atoms with Crippen molar-refractivity contribution in [1.82, 2.24) is 39.0 Å². The highest BCUT2D eigenvalue weighted by Gasteiger charge is 2.21. The van der Waals surface area contributed by atoms with Gasteiger partial charge in [0.2, 0.25) is 0 Å². The topological polar surface area (TPSA) is 90.4 Å². The molecule has 0 spiro atoms. The summed E-state index contributed by atoms with van der Waals surface area (Å²) < 4.78 is 7.23. The van der Waals surface area contributed by atoms with Crippen molar-refractivity contribution in [2.45, 2.75) is 0 Å². The average Bonchev–Trinajstić information content (AvgIpc) is 1.66. The zero-order valence-electron chi connectivity index (χ0n) is 53.8. The van der Waals surface area contributed by atoms with Gasteiger partial charge in [-0.15, -0.1) is 11.3 Å². The molecule has 3 aromatic heterocycles. The highest BCUT2D eigenvalue weighted by Crippen LogP contribution is 2.43. The molecule has 100 heavy (non-hydrogen) atoms. The van der Waals surface area contributed by atoms with Crippen LogP contribution in [-0.4, -0.2) is 39.0 Å². The number of anilines is 3. The molecule has 0 aliphatic carbocycles. The van der Waals surface area contributed by atoms with Gasteiger partial charge in [0.25, 0.3) is 0 Å². The number of para-hydroxylation sites is 3. The number of aromatic nitrogens is 8. The van der Waals surface area contributed by atoms with E-state index in [9.17, 15) is 0 Å². The molecule has 0 radical (unpaired) electrons. The number of fused-ring (bicyclic) bond motifs is 33. The van der Waals surface area contributed by atoms with Crippen molar-refractivity contribution >= 4 is 114 Å². The smallest absolute Gasteiger partial charge is 0.164 e. The molecule has 468 valence electrons. The molecule has 17 aromatic rings. The largest absolute Gasteiger partial charge is 0.310 e. The highest BCUT2D eigenvalue weighted by atomic mass is 32.1. The number of nitrogens with zero attached hydrogens (tertiary/aromatic N) is 9. The first kappa shape index (κ1) is 58.1. The number of rotatable bonds is 4. The summed E-state index contributed by atoms with van der Waals surface area (Å²) in [5.74, 6) is 2.57. The zero-order chi connectivity index (χ0) is 66.0. The Bertz CT molecular complexity index is 6390. The predicted octanol–water partition coefficient (Wildman–Crippen LogP) is 23.5. The van der Waals surface area contributed by atoms with Gasteiger partial charge in [-0.1, -0.05) is 224 Å². The zero-order valence-corrected chi connectivity index (χ0v) is 54.7. The van der Waals surface area contributed by atoms with Crippen LogP contribution >= 0.6 is 11.3 Å². The summed E-state index contributed by atoms with van der Waals surface area (Å²) in [6.45, 7) is 0. The Morgan fingerprint density at radius 3 is 1.29 bits per heavy atom. The quantitative estimate of drug-likeness (QED) is 0.162. The lowest BCUT2D eigenvalue weighted by Crippen LogP contribution is -2.10. The number of hydrogen-bond donors (Lipinski definition) is 0. The molecule has 14 aromatic carbocycles. The second-order valence-corrected chi connectivity index (χ2v) is 26.2. The van der Waals surface area contributed by atoms with Crippen molar-refractivity contribution in [1.29, 1.82) is 0 Å². The molecular weight excluding hydrogens is 1240 g/mol. The van der Waals surface area contributed by atoms with E-state index >= 15 is 0 Å². The van der Waals surface area contributed by atoms with Crippen LogP contribution in [0, 0.1) is 0 Å². The lowest BCUT2D eigenvalue weighted by atomic mass is 9.99. The third-order valence-electron chi connectivity index (χ3n) is 18.9. The molecule has 0 fully saturated rings. The van der Waals surface area contributed by atoms with E-state index in [1.54, 1.807) is 0 Å². The van der Waals surface area contributed by atoms with Crippen molar-refractivity contribution < 1.29 is 0 Å². The van der Waals surface area contributed by atoms with Crippen molar-refractivity contribution in [3.05, 3.63) is 346 Å². The van der Waals surface area contributed by atoms with Gasteiger partial charge >= 0.3 is 0 Å². The summed E-state index contributed by atoms with van der Waals surface area (Å²) >= 11 is 1.82. The first-order chi connectivity index (χ1) is 49.5. The molecule has 0 unspecified atom stereocenters. The fraction of sp³-hybridized carbons (Fsp3) is 0. The third-order valence-corrected chi connectivity index (χ3v) is 20.0. The number of benzene rings is 14. The molecule has 6 heterocycles. The lowest BCUT2D eigenvalue weighted by Gasteiger charge is -2.27. The minimum absolute atomic E-state index is 0.635. The van der Waals surface area contributed by atoms with Gasteiger partial charge in [-0.3, -0.25) is 0 Å². The van der Waals surface area contributed by atoms with Crippen molar-refractivity contribution in [2.24, 2.45) is 0 Å². The van der Waals surface area contributed by atoms with E-state index in [1.807, 2.05) is 72.0 Å². The van der Waals surface area contributed by atoms with Crippen LogP contribution in [0.4, 0.5) is 17.1 Å². The van der Waals surface area contributed by atoms with E-state index in [1.165, 1.54) is 42.4 Å². The van der Waals surface area contributed by atoms with E-state index in [4.69, 9.17) is 29.9 Å². The molecule has 0 saturated heterocycles. The Labute approximate surface area is 579 Å². The summed E-state index contributed by atoms with van der Waals surface area (Å²) in [5, 5.41) is 8.80. The molecule has 9 nitrogen and oxygen atoms in total. The average molecular weight is 1300 g/mol. The van der Waals surface area contributed by atoms with Crippen LogP contribution < -0.4 is 4.90 Å². The van der Waals surface area contributed by atoms with Gasteiger partial charge in [0.05, 0.1) is 31.6 Å². The summed E-state index contributed by atoms with van der Waals surface area (Å²) in [7, 11) is 0. The van der Waals surface area contributed by atoms with E-state index < -0.39 is 0 Å². The first-order valence-corrected chi connectivity index (χ1v) is 34.3. The highest BCUT2D eigenvalue weighted by molar-refractivity contribution is 7.24. The predicted molar refractivity (Wildman–Crippen MR) is 415 cm³/mol. The van der Waals surface area contributed by atoms with Gasteiger partial charge in [-0.05, 0) is 165 Å². The van der Waals surface area contributed by atoms with Crippen LogP contribution in [0.5, 0.6) is 0 Å². The first-order valence-electron chi connectivity index (χ1n) is 33.5. The minimum Gasteiger partial charge on any atom is -0.310 e. The molecule has 0 N–H and O–H groups in total. The van der Waals surface area contributed by atoms with E-state index in [2.05, 4.69) is 299 Å². The van der Waals surface area contributed by atoms with Gasteiger partial charge in [0, 0.05) is 72.1 Å². The molecule has 0 saturated carbocycles.